The number of carbonyl (C=O) groups is 1. The van der Waals surface area contributed by atoms with Gasteiger partial charge in [-0.15, -0.1) is 0 Å². The van der Waals surface area contributed by atoms with Crippen LogP contribution in [-0.4, -0.2) is 33.2 Å². The van der Waals surface area contributed by atoms with E-state index in [1.807, 2.05) is 17.8 Å². The Morgan fingerprint density at radius 1 is 1.72 bits per heavy atom. The Hall–Kier alpha value is -1.92. The van der Waals surface area contributed by atoms with Crippen LogP contribution in [0.2, 0.25) is 0 Å². The van der Waals surface area contributed by atoms with Crippen molar-refractivity contribution in [2.75, 3.05) is 6.54 Å². The van der Waals surface area contributed by atoms with E-state index < -0.39 is 12.0 Å². The van der Waals surface area contributed by atoms with Gasteiger partial charge in [-0.3, -0.25) is 19.6 Å². The van der Waals surface area contributed by atoms with Gasteiger partial charge in [-0.2, -0.15) is 5.10 Å². The predicted molar refractivity (Wildman–Crippen MR) is 63.5 cm³/mol. The predicted octanol–water partition coefficient (Wildman–Crippen LogP) is 0.363. The van der Waals surface area contributed by atoms with E-state index in [0.717, 1.165) is 18.5 Å². The number of hydrogen-bond donors (Lipinski definition) is 1. The third kappa shape index (κ3) is 3.06. The molecule has 1 aromatic heterocycles. The lowest BCUT2D eigenvalue weighted by molar-refractivity contribution is -0.497. The second-order valence-corrected chi connectivity index (χ2v) is 4.62. The Bertz CT molecular complexity index is 457. The summed E-state index contributed by atoms with van der Waals surface area (Å²) in [5, 5.41) is 17.3. The summed E-state index contributed by atoms with van der Waals surface area (Å²) in [5.74, 6) is -0.625. The van der Waals surface area contributed by atoms with Crippen molar-refractivity contribution in [3.05, 3.63) is 28.1 Å². The fourth-order valence-corrected chi connectivity index (χ4v) is 1.87. The minimum absolute atomic E-state index is 0.201. The van der Waals surface area contributed by atoms with Gasteiger partial charge in [0.1, 0.15) is 5.92 Å². The van der Waals surface area contributed by atoms with Gasteiger partial charge in [0.2, 0.25) is 11.9 Å². The van der Waals surface area contributed by atoms with E-state index in [9.17, 15) is 14.9 Å². The number of rotatable bonds is 6. The van der Waals surface area contributed by atoms with Crippen LogP contribution in [0.25, 0.3) is 0 Å². The summed E-state index contributed by atoms with van der Waals surface area (Å²) < 4.78 is 1.82. The second-order valence-electron chi connectivity index (χ2n) is 4.62. The maximum Gasteiger partial charge on any atom is 0.230 e. The van der Waals surface area contributed by atoms with Crippen LogP contribution in [0.4, 0.5) is 0 Å². The molecule has 1 aliphatic carbocycles. The Morgan fingerprint density at radius 2 is 2.50 bits per heavy atom. The minimum atomic E-state index is -0.668. The molecule has 7 heteroatoms. The van der Waals surface area contributed by atoms with Gasteiger partial charge in [-0.25, -0.2) is 0 Å². The summed E-state index contributed by atoms with van der Waals surface area (Å²) in [6.45, 7) is 3.23. The van der Waals surface area contributed by atoms with Gasteiger partial charge in [-0.1, -0.05) is 0 Å². The average molecular weight is 252 g/mol. The highest BCUT2D eigenvalue weighted by molar-refractivity contribution is 5.81. The van der Waals surface area contributed by atoms with Gasteiger partial charge in [-0.05, 0) is 18.9 Å². The topological polar surface area (TPSA) is 90.1 Å². The van der Waals surface area contributed by atoms with Crippen LogP contribution >= 0.6 is 0 Å². The highest BCUT2D eigenvalue weighted by atomic mass is 16.6. The molecule has 1 fully saturated rings. The van der Waals surface area contributed by atoms with Gasteiger partial charge in [0.25, 0.3) is 0 Å². The molecule has 18 heavy (non-hydrogen) atoms. The average Bonchev–Trinajstić information content (AvgIpc) is 3.03. The molecule has 0 aliphatic heterocycles. The number of aryl methyl sites for hydroxylation is 2. The largest absolute Gasteiger partial charge is 0.356 e. The van der Waals surface area contributed by atoms with Gasteiger partial charge < -0.3 is 5.32 Å². The van der Waals surface area contributed by atoms with Crippen molar-refractivity contribution in [3.8, 4) is 0 Å². The van der Waals surface area contributed by atoms with Gasteiger partial charge in [0, 0.05) is 30.6 Å². The first-order valence-corrected chi connectivity index (χ1v) is 5.98. The number of carbonyl (C=O) groups excluding carboxylic acids is 1. The van der Waals surface area contributed by atoms with E-state index in [4.69, 9.17) is 0 Å². The van der Waals surface area contributed by atoms with Crippen molar-refractivity contribution in [2.24, 2.45) is 5.92 Å². The molecule has 0 bridgehead atoms. The highest BCUT2D eigenvalue weighted by Crippen LogP contribution is 2.32. The maximum atomic E-state index is 11.5. The van der Waals surface area contributed by atoms with Crippen LogP contribution in [-0.2, 0) is 11.3 Å². The normalized spacial score (nSPS) is 21.6. The van der Waals surface area contributed by atoms with Crippen LogP contribution < -0.4 is 5.32 Å². The Morgan fingerprint density at radius 3 is 3.06 bits per heavy atom. The summed E-state index contributed by atoms with van der Waals surface area (Å²) in [4.78, 5) is 21.5. The van der Waals surface area contributed by atoms with Crippen molar-refractivity contribution in [1.82, 2.24) is 15.1 Å². The molecule has 98 valence electrons. The van der Waals surface area contributed by atoms with Crippen molar-refractivity contribution in [2.45, 2.75) is 32.4 Å². The number of nitrogens with zero attached hydrogens (tertiary/aromatic N) is 3. The Balaban J connectivity index is 1.61. The Labute approximate surface area is 104 Å². The van der Waals surface area contributed by atoms with Crippen molar-refractivity contribution < 1.29 is 9.72 Å². The zero-order chi connectivity index (χ0) is 13.1. The molecular formula is C11H16N4O3. The summed E-state index contributed by atoms with van der Waals surface area (Å²) in [5.41, 5.74) is 1.10. The number of nitro groups is 1. The molecule has 0 spiro atoms. The highest BCUT2D eigenvalue weighted by Gasteiger charge is 2.53. The summed E-state index contributed by atoms with van der Waals surface area (Å²) in [7, 11) is 0. The molecule has 1 aliphatic rings. The fraction of sp³-hybridized carbons (Fsp3) is 0.636. The van der Waals surface area contributed by atoms with E-state index in [1.165, 1.54) is 0 Å². The van der Waals surface area contributed by atoms with Crippen LogP contribution in [0.5, 0.6) is 0 Å². The first kappa shape index (κ1) is 12.5. The van der Waals surface area contributed by atoms with E-state index in [-0.39, 0.29) is 10.8 Å². The molecule has 1 amide bonds. The van der Waals surface area contributed by atoms with Crippen molar-refractivity contribution >= 4 is 5.91 Å². The first-order chi connectivity index (χ1) is 8.58. The van der Waals surface area contributed by atoms with E-state index in [1.54, 1.807) is 6.20 Å². The van der Waals surface area contributed by atoms with E-state index >= 15 is 0 Å². The monoisotopic (exact) mass is 252 g/mol. The van der Waals surface area contributed by atoms with Crippen LogP contribution in [0.3, 0.4) is 0 Å². The van der Waals surface area contributed by atoms with Crippen molar-refractivity contribution in [1.29, 1.82) is 0 Å². The number of amides is 1. The van der Waals surface area contributed by atoms with Crippen LogP contribution in [0.1, 0.15) is 18.4 Å². The van der Waals surface area contributed by atoms with E-state index in [0.29, 0.717) is 13.0 Å². The first-order valence-electron chi connectivity index (χ1n) is 5.98. The van der Waals surface area contributed by atoms with Crippen LogP contribution in [0.15, 0.2) is 12.4 Å². The molecule has 7 nitrogen and oxygen atoms in total. The third-order valence-electron chi connectivity index (χ3n) is 2.99. The lowest BCUT2D eigenvalue weighted by Crippen LogP contribution is -2.28. The second kappa shape index (κ2) is 5.16. The third-order valence-corrected chi connectivity index (χ3v) is 2.99. The lowest BCUT2D eigenvalue weighted by atomic mass is 10.3. The molecule has 0 aromatic carbocycles. The van der Waals surface area contributed by atoms with Gasteiger partial charge in [0.15, 0.2) is 0 Å². The van der Waals surface area contributed by atoms with E-state index in [2.05, 4.69) is 10.4 Å². The molecule has 2 rings (SSSR count). The lowest BCUT2D eigenvalue weighted by Gasteiger charge is -2.04. The quantitative estimate of drug-likeness (QED) is 0.449. The van der Waals surface area contributed by atoms with Gasteiger partial charge >= 0.3 is 0 Å². The molecule has 1 N–H and O–H groups in total. The van der Waals surface area contributed by atoms with Crippen LogP contribution in [0, 0.1) is 23.0 Å². The standard InChI is InChI=1S/C11H16N4O3/c1-8-6-13-14(7-8)4-2-3-12-11(16)9-5-10(9)15(17)18/h6-7,9-10H,2-5H2,1H3,(H,12,16). The maximum absolute atomic E-state index is 11.5. The molecular weight excluding hydrogens is 236 g/mol. The SMILES string of the molecule is Cc1cnn(CCCNC(=O)C2CC2[N+](=O)[O-])c1. The van der Waals surface area contributed by atoms with Gasteiger partial charge in [0.05, 0.1) is 6.20 Å². The number of hydrogen-bond acceptors (Lipinski definition) is 4. The zero-order valence-corrected chi connectivity index (χ0v) is 10.2. The molecule has 0 radical (unpaired) electrons. The molecule has 1 saturated carbocycles. The minimum Gasteiger partial charge on any atom is -0.356 e. The zero-order valence-electron chi connectivity index (χ0n) is 10.2. The Kier molecular flexibility index (Phi) is 3.59. The number of aromatic nitrogens is 2. The smallest absolute Gasteiger partial charge is 0.230 e. The fourth-order valence-electron chi connectivity index (χ4n) is 1.87. The summed E-state index contributed by atoms with van der Waals surface area (Å²) >= 11 is 0. The summed E-state index contributed by atoms with van der Waals surface area (Å²) in [6, 6.07) is -0.668. The number of nitrogens with one attached hydrogen (secondary N) is 1. The molecule has 2 unspecified atom stereocenters. The molecule has 0 saturated heterocycles. The molecule has 1 heterocycles. The molecule has 2 atom stereocenters. The molecule has 1 aromatic rings. The summed E-state index contributed by atoms with van der Waals surface area (Å²) in [6.07, 6.45) is 4.86. The van der Waals surface area contributed by atoms with Crippen molar-refractivity contribution in [3.63, 3.8) is 0 Å².